The molecule has 1 saturated heterocycles. The van der Waals surface area contributed by atoms with Crippen LogP contribution >= 0.6 is 15.9 Å². The summed E-state index contributed by atoms with van der Waals surface area (Å²) in [6.45, 7) is 3.65. The predicted octanol–water partition coefficient (Wildman–Crippen LogP) is 2.81. The number of morpholine rings is 1. The van der Waals surface area contributed by atoms with Crippen LogP contribution in [0, 0.1) is 0 Å². The molecule has 0 unspecified atom stereocenters. The average Bonchev–Trinajstić information content (AvgIpc) is 2.69. The summed E-state index contributed by atoms with van der Waals surface area (Å²) < 4.78 is 12.2. The van der Waals surface area contributed by atoms with E-state index >= 15 is 0 Å². The minimum absolute atomic E-state index is 0.138. The van der Waals surface area contributed by atoms with Crippen molar-refractivity contribution in [3.05, 3.63) is 64.1 Å². The van der Waals surface area contributed by atoms with Crippen molar-refractivity contribution < 1.29 is 14.3 Å². The van der Waals surface area contributed by atoms with Crippen LogP contribution < -0.4 is 10.2 Å². The van der Waals surface area contributed by atoms with Gasteiger partial charge in [0, 0.05) is 23.1 Å². The smallest absolute Gasteiger partial charge is 0.254 e. The number of ether oxygens (including phenoxy) is 2. The molecule has 6 nitrogen and oxygen atoms in total. The number of carbonyl (C=O) groups is 1. The van der Waals surface area contributed by atoms with Gasteiger partial charge in [0.15, 0.2) is 0 Å². The van der Waals surface area contributed by atoms with E-state index in [1.165, 1.54) is 0 Å². The standard InChI is InChI=1S/C20H22BrN3O3/c21-18-7-5-16(6-8-18)15-27-19-4-2-1-3-17(19)13-22-23-20(25)14-24-9-11-26-12-10-24/h1-8,13H,9-12,14-15H2,(H,23,25)/b22-13+. The first-order valence-corrected chi connectivity index (χ1v) is 9.58. The first-order chi connectivity index (χ1) is 13.2. The van der Waals surface area contributed by atoms with E-state index in [1.807, 2.05) is 53.4 Å². The first kappa shape index (κ1) is 19.5. The SMILES string of the molecule is O=C(CN1CCOCC1)N/N=C/c1ccccc1OCc1ccc(Br)cc1. The molecule has 2 aromatic rings. The molecule has 0 bridgehead atoms. The summed E-state index contributed by atoms with van der Waals surface area (Å²) in [6.07, 6.45) is 1.61. The second-order valence-electron chi connectivity index (χ2n) is 6.13. The van der Waals surface area contributed by atoms with Gasteiger partial charge in [-0.15, -0.1) is 0 Å². The third-order valence-electron chi connectivity index (χ3n) is 4.09. The van der Waals surface area contributed by atoms with Crippen molar-refractivity contribution in [2.45, 2.75) is 6.61 Å². The van der Waals surface area contributed by atoms with Crippen LogP contribution in [0.2, 0.25) is 0 Å². The maximum absolute atomic E-state index is 12.0. The number of para-hydroxylation sites is 1. The van der Waals surface area contributed by atoms with Gasteiger partial charge < -0.3 is 9.47 Å². The molecule has 0 atom stereocenters. The van der Waals surface area contributed by atoms with Gasteiger partial charge in [0.25, 0.3) is 5.91 Å². The number of amides is 1. The Morgan fingerprint density at radius 3 is 2.70 bits per heavy atom. The zero-order valence-corrected chi connectivity index (χ0v) is 16.5. The first-order valence-electron chi connectivity index (χ1n) is 8.79. The number of nitrogens with zero attached hydrogens (tertiary/aromatic N) is 2. The van der Waals surface area contributed by atoms with Crippen LogP contribution in [0.1, 0.15) is 11.1 Å². The van der Waals surface area contributed by atoms with Gasteiger partial charge in [0.2, 0.25) is 0 Å². The molecule has 3 rings (SSSR count). The lowest BCUT2D eigenvalue weighted by atomic mass is 10.2. The van der Waals surface area contributed by atoms with Crippen LogP contribution in [0.5, 0.6) is 5.75 Å². The number of hydrogen-bond acceptors (Lipinski definition) is 5. The Balaban J connectivity index is 1.52. The number of rotatable bonds is 7. The van der Waals surface area contributed by atoms with E-state index in [0.717, 1.165) is 28.7 Å². The van der Waals surface area contributed by atoms with Crippen LogP contribution in [-0.2, 0) is 16.1 Å². The van der Waals surface area contributed by atoms with Crippen molar-refractivity contribution in [2.75, 3.05) is 32.8 Å². The Labute approximate surface area is 167 Å². The molecular weight excluding hydrogens is 410 g/mol. The molecule has 0 saturated carbocycles. The second-order valence-corrected chi connectivity index (χ2v) is 7.05. The lowest BCUT2D eigenvalue weighted by molar-refractivity contribution is -0.123. The fourth-order valence-corrected chi connectivity index (χ4v) is 2.90. The largest absolute Gasteiger partial charge is 0.488 e. The molecule has 1 aliphatic rings. The molecule has 0 aliphatic carbocycles. The van der Waals surface area contributed by atoms with Gasteiger partial charge in [-0.1, -0.05) is 40.2 Å². The molecule has 1 aliphatic heterocycles. The van der Waals surface area contributed by atoms with Crippen LogP contribution in [0.25, 0.3) is 0 Å². The van der Waals surface area contributed by atoms with Crippen molar-refractivity contribution in [1.29, 1.82) is 0 Å². The maximum Gasteiger partial charge on any atom is 0.254 e. The third kappa shape index (κ3) is 6.46. The van der Waals surface area contributed by atoms with Crippen LogP contribution in [0.15, 0.2) is 58.1 Å². The second kappa shape index (κ2) is 10.2. The average molecular weight is 432 g/mol. The lowest BCUT2D eigenvalue weighted by Crippen LogP contribution is -2.42. The monoisotopic (exact) mass is 431 g/mol. The third-order valence-corrected chi connectivity index (χ3v) is 4.62. The predicted molar refractivity (Wildman–Crippen MR) is 108 cm³/mol. The molecule has 142 valence electrons. The topological polar surface area (TPSA) is 63.2 Å². The van der Waals surface area contributed by atoms with E-state index in [4.69, 9.17) is 9.47 Å². The van der Waals surface area contributed by atoms with E-state index in [9.17, 15) is 4.79 Å². The fourth-order valence-electron chi connectivity index (χ4n) is 2.63. The van der Waals surface area contributed by atoms with Crippen molar-refractivity contribution in [2.24, 2.45) is 5.10 Å². The molecule has 1 amide bonds. The molecule has 27 heavy (non-hydrogen) atoms. The van der Waals surface area contributed by atoms with Crippen LogP contribution in [0.3, 0.4) is 0 Å². The summed E-state index contributed by atoms with van der Waals surface area (Å²) in [5.41, 5.74) is 4.45. The number of hydrazone groups is 1. The quantitative estimate of drug-likeness (QED) is 0.540. The summed E-state index contributed by atoms with van der Waals surface area (Å²) in [7, 11) is 0. The van der Waals surface area contributed by atoms with Gasteiger partial charge >= 0.3 is 0 Å². The molecule has 2 aromatic carbocycles. The highest BCUT2D eigenvalue weighted by molar-refractivity contribution is 9.10. The van der Waals surface area contributed by atoms with Crippen LogP contribution in [0.4, 0.5) is 0 Å². The highest BCUT2D eigenvalue weighted by Crippen LogP contribution is 2.18. The normalized spacial score (nSPS) is 15.0. The highest BCUT2D eigenvalue weighted by atomic mass is 79.9. The molecule has 1 heterocycles. The van der Waals surface area contributed by atoms with Gasteiger partial charge in [0.05, 0.1) is 26.0 Å². The molecule has 1 N–H and O–H groups in total. The van der Waals surface area contributed by atoms with Gasteiger partial charge in [-0.05, 0) is 29.8 Å². The minimum Gasteiger partial charge on any atom is -0.488 e. The van der Waals surface area contributed by atoms with E-state index < -0.39 is 0 Å². The van der Waals surface area contributed by atoms with Gasteiger partial charge in [-0.2, -0.15) is 5.10 Å². The number of carbonyl (C=O) groups excluding carboxylic acids is 1. The Morgan fingerprint density at radius 2 is 1.93 bits per heavy atom. The van der Waals surface area contributed by atoms with Crippen molar-refractivity contribution >= 4 is 28.1 Å². The van der Waals surface area contributed by atoms with E-state index in [0.29, 0.717) is 32.1 Å². The zero-order valence-electron chi connectivity index (χ0n) is 14.9. The Morgan fingerprint density at radius 1 is 1.19 bits per heavy atom. The van der Waals surface area contributed by atoms with Gasteiger partial charge in [-0.3, -0.25) is 9.69 Å². The van der Waals surface area contributed by atoms with E-state index in [-0.39, 0.29) is 5.91 Å². The molecule has 7 heteroatoms. The summed E-state index contributed by atoms with van der Waals surface area (Å²) in [6, 6.07) is 15.6. The van der Waals surface area contributed by atoms with Gasteiger partial charge in [-0.25, -0.2) is 5.43 Å². The lowest BCUT2D eigenvalue weighted by Gasteiger charge is -2.25. The molecule has 0 aromatic heterocycles. The molecule has 0 spiro atoms. The Kier molecular flexibility index (Phi) is 7.38. The van der Waals surface area contributed by atoms with Crippen molar-refractivity contribution in [1.82, 2.24) is 10.3 Å². The van der Waals surface area contributed by atoms with Crippen LogP contribution in [-0.4, -0.2) is 49.9 Å². The highest BCUT2D eigenvalue weighted by Gasteiger charge is 2.13. The van der Waals surface area contributed by atoms with Gasteiger partial charge in [0.1, 0.15) is 12.4 Å². The summed E-state index contributed by atoms with van der Waals surface area (Å²) in [5.74, 6) is 0.577. The molecule has 0 radical (unpaired) electrons. The number of nitrogens with one attached hydrogen (secondary N) is 1. The summed E-state index contributed by atoms with van der Waals surface area (Å²) in [4.78, 5) is 14.0. The van der Waals surface area contributed by atoms with E-state index in [1.54, 1.807) is 6.21 Å². The Bertz CT molecular complexity index is 774. The summed E-state index contributed by atoms with van der Waals surface area (Å²) >= 11 is 3.42. The Hall–Kier alpha value is -2.22. The fraction of sp³-hybridized carbons (Fsp3) is 0.300. The maximum atomic E-state index is 12.0. The number of benzene rings is 2. The summed E-state index contributed by atoms with van der Waals surface area (Å²) in [5, 5.41) is 4.07. The molecular formula is C20H22BrN3O3. The van der Waals surface area contributed by atoms with Crippen molar-refractivity contribution in [3.63, 3.8) is 0 Å². The number of hydrogen-bond donors (Lipinski definition) is 1. The zero-order chi connectivity index (χ0) is 18.9. The number of halogens is 1. The molecule has 1 fully saturated rings. The minimum atomic E-state index is -0.138. The van der Waals surface area contributed by atoms with E-state index in [2.05, 4.69) is 26.5 Å². The van der Waals surface area contributed by atoms with Crippen molar-refractivity contribution in [3.8, 4) is 5.75 Å².